The second-order valence-electron chi connectivity index (χ2n) is 6.62. The third-order valence-electron chi connectivity index (χ3n) is 4.12. The van der Waals surface area contributed by atoms with E-state index in [0.717, 1.165) is 33.6 Å². The van der Waals surface area contributed by atoms with E-state index in [0.29, 0.717) is 0 Å². The first-order valence-electron chi connectivity index (χ1n) is 8.46. The third-order valence-corrected chi connectivity index (χ3v) is 4.12. The van der Waals surface area contributed by atoms with Crippen LogP contribution < -0.4 is 0 Å². The molecule has 2 nitrogen and oxygen atoms in total. The number of aliphatic hydroxyl groups excluding tert-OH is 1. The first-order chi connectivity index (χ1) is 11.4. The van der Waals surface area contributed by atoms with Crippen molar-refractivity contribution >= 4 is 6.08 Å². The van der Waals surface area contributed by atoms with Gasteiger partial charge in [0.1, 0.15) is 5.82 Å². The van der Waals surface area contributed by atoms with E-state index in [1.807, 2.05) is 19.1 Å². The van der Waals surface area contributed by atoms with Crippen LogP contribution in [-0.2, 0) is 6.61 Å². The van der Waals surface area contributed by atoms with Crippen molar-refractivity contribution in [1.82, 2.24) is 4.98 Å². The third kappa shape index (κ3) is 3.57. The van der Waals surface area contributed by atoms with E-state index in [1.165, 1.54) is 12.1 Å². The summed E-state index contributed by atoms with van der Waals surface area (Å²) in [6.45, 7) is 10.3. The number of aromatic nitrogens is 1. The number of hydrogen-bond acceptors (Lipinski definition) is 2. The molecule has 0 amide bonds. The molecule has 1 aromatic heterocycles. The number of benzene rings is 1. The van der Waals surface area contributed by atoms with E-state index < -0.39 is 0 Å². The van der Waals surface area contributed by atoms with E-state index in [4.69, 9.17) is 4.98 Å². The van der Waals surface area contributed by atoms with Gasteiger partial charge < -0.3 is 5.11 Å². The molecule has 0 bridgehead atoms. The number of allylic oxidation sites excluding steroid dienone is 1. The van der Waals surface area contributed by atoms with Gasteiger partial charge in [-0.3, -0.25) is 4.98 Å². The fraction of sp³-hybridized carbons (Fsp3) is 0.381. The summed E-state index contributed by atoms with van der Waals surface area (Å²) >= 11 is 0. The maximum Gasteiger partial charge on any atom is 0.123 e. The van der Waals surface area contributed by atoms with Crippen LogP contribution in [0.4, 0.5) is 4.39 Å². The van der Waals surface area contributed by atoms with Crippen LogP contribution in [0.15, 0.2) is 30.3 Å². The van der Waals surface area contributed by atoms with Crippen molar-refractivity contribution in [2.45, 2.75) is 53.1 Å². The molecule has 0 atom stereocenters. The van der Waals surface area contributed by atoms with E-state index in [1.54, 1.807) is 12.1 Å². The van der Waals surface area contributed by atoms with Crippen molar-refractivity contribution in [2.24, 2.45) is 0 Å². The molecular formula is C21H26FNO. The highest BCUT2D eigenvalue weighted by Gasteiger charge is 2.22. The summed E-state index contributed by atoms with van der Waals surface area (Å²) < 4.78 is 13.4. The summed E-state index contributed by atoms with van der Waals surface area (Å²) in [7, 11) is 0. The van der Waals surface area contributed by atoms with Crippen LogP contribution in [-0.4, -0.2) is 10.1 Å². The number of rotatable bonds is 5. The molecule has 0 spiro atoms. The number of pyridine rings is 1. The zero-order valence-corrected chi connectivity index (χ0v) is 15.1. The van der Waals surface area contributed by atoms with Crippen molar-refractivity contribution in [3.8, 4) is 11.1 Å². The highest BCUT2D eigenvalue weighted by Crippen LogP contribution is 2.37. The lowest BCUT2D eigenvalue weighted by Crippen LogP contribution is -2.10. The van der Waals surface area contributed by atoms with E-state index >= 15 is 0 Å². The molecule has 1 aromatic carbocycles. The smallest absolute Gasteiger partial charge is 0.123 e. The normalized spacial score (nSPS) is 11.9. The maximum absolute atomic E-state index is 13.4. The first-order valence-corrected chi connectivity index (χ1v) is 8.46. The van der Waals surface area contributed by atoms with Crippen molar-refractivity contribution in [3.05, 3.63) is 58.7 Å². The van der Waals surface area contributed by atoms with Crippen LogP contribution in [0.2, 0.25) is 0 Å². The van der Waals surface area contributed by atoms with Gasteiger partial charge in [0, 0.05) is 16.8 Å². The number of aliphatic hydroxyl groups is 1. The Bertz CT molecular complexity index is 730. The van der Waals surface area contributed by atoms with E-state index in [-0.39, 0.29) is 24.3 Å². The summed E-state index contributed by atoms with van der Waals surface area (Å²) in [6.07, 6.45) is 4.01. The van der Waals surface area contributed by atoms with E-state index in [2.05, 4.69) is 27.7 Å². The first kappa shape index (κ1) is 18.3. The summed E-state index contributed by atoms with van der Waals surface area (Å²) in [4.78, 5) is 4.88. The quantitative estimate of drug-likeness (QED) is 0.768. The molecule has 2 aromatic rings. The minimum absolute atomic E-state index is 0.0872. The molecule has 0 aliphatic heterocycles. The van der Waals surface area contributed by atoms with Crippen LogP contribution in [0.5, 0.6) is 0 Å². The average molecular weight is 327 g/mol. The minimum atomic E-state index is -0.265. The average Bonchev–Trinajstić information content (AvgIpc) is 2.54. The Balaban J connectivity index is 2.92. The minimum Gasteiger partial charge on any atom is -0.392 e. The van der Waals surface area contributed by atoms with Crippen molar-refractivity contribution < 1.29 is 9.50 Å². The molecular weight excluding hydrogens is 301 g/mol. The molecule has 3 heteroatoms. The van der Waals surface area contributed by atoms with Gasteiger partial charge in [-0.1, -0.05) is 52.0 Å². The van der Waals surface area contributed by atoms with Crippen molar-refractivity contribution in [3.63, 3.8) is 0 Å². The van der Waals surface area contributed by atoms with Gasteiger partial charge in [-0.05, 0) is 42.0 Å². The van der Waals surface area contributed by atoms with Crippen LogP contribution in [0, 0.1) is 5.82 Å². The fourth-order valence-corrected chi connectivity index (χ4v) is 3.04. The molecule has 0 fully saturated rings. The molecule has 0 aliphatic carbocycles. The second kappa shape index (κ2) is 7.71. The van der Waals surface area contributed by atoms with Gasteiger partial charge in [-0.15, -0.1) is 0 Å². The van der Waals surface area contributed by atoms with Gasteiger partial charge >= 0.3 is 0 Å². The van der Waals surface area contributed by atoms with Gasteiger partial charge in [-0.25, -0.2) is 4.39 Å². The van der Waals surface area contributed by atoms with Gasteiger partial charge in [0.05, 0.1) is 12.3 Å². The predicted molar refractivity (Wildman–Crippen MR) is 98.4 cm³/mol. The summed E-state index contributed by atoms with van der Waals surface area (Å²) in [5.41, 5.74) is 5.61. The summed E-state index contributed by atoms with van der Waals surface area (Å²) in [5.74, 6) is 0.184. The largest absolute Gasteiger partial charge is 0.392 e. The maximum atomic E-state index is 13.4. The summed E-state index contributed by atoms with van der Waals surface area (Å²) in [6, 6.07) is 6.46. The van der Waals surface area contributed by atoms with Crippen LogP contribution in [0.25, 0.3) is 17.2 Å². The molecule has 1 heterocycles. The second-order valence-corrected chi connectivity index (χ2v) is 6.62. The van der Waals surface area contributed by atoms with Crippen LogP contribution in [0.3, 0.4) is 0 Å². The Labute approximate surface area is 144 Å². The Morgan fingerprint density at radius 3 is 2.08 bits per heavy atom. The number of halogens is 1. The standard InChI is InChI=1S/C21H26FNO/c1-6-7-17-19(15-8-10-16(22)11-9-15)18(12-24)21(14(4)5)23-20(17)13(2)3/h6-11,13-14,24H,12H2,1-5H3. The molecule has 1 N–H and O–H groups in total. The Hall–Kier alpha value is -2.00. The molecule has 2 rings (SSSR count). The molecule has 24 heavy (non-hydrogen) atoms. The molecule has 0 saturated carbocycles. The Morgan fingerprint density at radius 1 is 1.04 bits per heavy atom. The summed E-state index contributed by atoms with van der Waals surface area (Å²) in [5, 5.41) is 10.0. The molecule has 0 unspecified atom stereocenters. The van der Waals surface area contributed by atoms with Gasteiger partial charge in [-0.2, -0.15) is 0 Å². The zero-order valence-electron chi connectivity index (χ0n) is 15.1. The van der Waals surface area contributed by atoms with Crippen LogP contribution >= 0.6 is 0 Å². The van der Waals surface area contributed by atoms with Crippen molar-refractivity contribution in [2.75, 3.05) is 0 Å². The highest BCUT2D eigenvalue weighted by atomic mass is 19.1. The fourth-order valence-electron chi connectivity index (χ4n) is 3.04. The SMILES string of the molecule is CC=Cc1c(C(C)C)nc(C(C)C)c(CO)c1-c1ccc(F)cc1. The van der Waals surface area contributed by atoms with E-state index in [9.17, 15) is 9.50 Å². The lowest BCUT2D eigenvalue weighted by molar-refractivity contribution is 0.280. The van der Waals surface area contributed by atoms with Gasteiger partial charge in [0.25, 0.3) is 0 Å². The Kier molecular flexibility index (Phi) is 5.89. The number of nitrogens with zero attached hydrogens (tertiary/aromatic N) is 1. The predicted octanol–water partition coefficient (Wildman–Crippen LogP) is 5.66. The van der Waals surface area contributed by atoms with Crippen LogP contribution in [0.1, 0.15) is 69.0 Å². The Morgan fingerprint density at radius 2 is 1.62 bits per heavy atom. The highest BCUT2D eigenvalue weighted by molar-refractivity contribution is 5.80. The molecule has 0 aliphatic rings. The monoisotopic (exact) mass is 327 g/mol. The topological polar surface area (TPSA) is 33.1 Å². The molecule has 0 radical (unpaired) electrons. The molecule has 0 saturated heterocycles. The van der Waals surface area contributed by atoms with Gasteiger partial charge in [0.2, 0.25) is 0 Å². The lowest BCUT2D eigenvalue weighted by Gasteiger charge is -2.22. The number of hydrogen-bond donors (Lipinski definition) is 1. The zero-order chi connectivity index (χ0) is 17.9. The van der Waals surface area contributed by atoms with Gasteiger partial charge in [0.15, 0.2) is 0 Å². The lowest BCUT2D eigenvalue weighted by atomic mass is 9.87. The molecule has 128 valence electrons. The van der Waals surface area contributed by atoms with Crippen molar-refractivity contribution in [1.29, 1.82) is 0 Å².